The average Bonchev–Trinajstić information content (AvgIpc) is 3.18. The lowest BCUT2D eigenvalue weighted by atomic mass is 10.0. The first-order valence-electron chi connectivity index (χ1n) is 9.15. The van der Waals surface area contributed by atoms with Crippen LogP contribution in [0, 0.1) is 0 Å². The van der Waals surface area contributed by atoms with Gasteiger partial charge in [-0.3, -0.25) is 4.98 Å². The third-order valence-corrected chi connectivity index (χ3v) is 6.11. The molecular weight excluding hydrogens is 364 g/mol. The van der Waals surface area contributed by atoms with Crippen LogP contribution in [-0.4, -0.2) is 16.6 Å². The predicted octanol–water partition coefficient (Wildman–Crippen LogP) is 6.15. The molecule has 0 saturated carbocycles. The summed E-state index contributed by atoms with van der Waals surface area (Å²) in [6.45, 7) is 0.830. The molecule has 1 aliphatic rings. The molecule has 0 spiro atoms. The van der Waals surface area contributed by atoms with Gasteiger partial charge in [0, 0.05) is 29.4 Å². The minimum atomic E-state index is 0.288. The Balaban J connectivity index is 1.43. The molecule has 5 rings (SSSR count). The van der Waals surface area contributed by atoms with E-state index in [2.05, 4.69) is 46.7 Å². The summed E-state index contributed by atoms with van der Waals surface area (Å²) in [6, 6.07) is 22.2. The van der Waals surface area contributed by atoms with Gasteiger partial charge in [0.2, 0.25) is 0 Å². The monoisotopic (exact) mass is 382 g/mol. The van der Waals surface area contributed by atoms with Crippen molar-refractivity contribution in [2.45, 2.75) is 0 Å². The van der Waals surface area contributed by atoms with E-state index in [4.69, 9.17) is 0 Å². The summed E-state index contributed by atoms with van der Waals surface area (Å²) >= 11 is 1.79. The largest absolute Gasteiger partial charge is 0.508 e. The van der Waals surface area contributed by atoms with Gasteiger partial charge in [-0.15, -0.1) is 11.3 Å². The van der Waals surface area contributed by atoms with E-state index in [9.17, 15) is 5.11 Å². The summed E-state index contributed by atoms with van der Waals surface area (Å²) in [5.74, 6) is 0.288. The number of aromatic hydroxyl groups is 1. The van der Waals surface area contributed by atoms with Crippen molar-refractivity contribution in [2.75, 3.05) is 11.9 Å². The second-order valence-electron chi connectivity index (χ2n) is 6.78. The quantitative estimate of drug-likeness (QED) is 0.447. The van der Waals surface area contributed by atoms with E-state index in [1.165, 1.54) is 32.1 Å². The Morgan fingerprint density at radius 2 is 1.43 bits per heavy atom. The zero-order valence-electron chi connectivity index (χ0n) is 15.1. The molecule has 4 aromatic rings. The highest BCUT2D eigenvalue weighted by molar-refractivity contribution is 7.19. The van der Waals surface area contributed by atoms with E-state index in [0.29, 0.717) is 0 Å². The molecule has 0 atom stereocenters. The van der Waals surface area contributed by atoms with Crippen LogP contribution in [0.2, 0.25) is 0 Å². The molecule has 136 valence electrons. The molecule has 0 bridgehead atoms. The van der Waals surface area contributed by atoms with Crippen molar-refractivity contribution in [3.05, 3.63) is 90.3 Å². The highest BCUT2D eigenvalue weighted by atomic mass is 32.1. The number of hydrogen-bond donors (Lipinski definition) is 2. The summed E-state index contributed by atoms with van der Waals surface area (Å²) in [5.41, 5.74) is 7.17. The van der Waals surface area contributed by atoms with Crippen LogP contribution in [0.5, 0.6) is 5.75 Å². The molecule has 0 saturated heterocycles. The maximum Gasteiger partial charge on any atom is 0.115 e. The van der Waals surface area contributed by atoms with Crippen molar-refractivity contribution in [2.24, 2.45) is 0 Å². The number of pyridine rings is 1. The molecule has 0 aliphatic carbocycles. The summed E-state index contributed by atoms with van der Waals surface area (Å²) in [5, 5.41) is 14.2. The second-order valence-corrected chi connectivity index (χ2v) is 7.83. The van der Waals surface area contributed by atoms with Gasteiger partial charge in [-0.2, -0.15) is 0 Å². The molecule has 3 nitrogen and oxygen atoms in total. The van der Waals surface area contributed by atoms with Crippen molar-refractivity contribution < 1.29 is 5.11 Å². The van der Waals surface area contributed by atoms with E-state index < -0.39 is 0 Å². The van der Waals surface area contributed by atoms with E-state index in [0.717, 1.165) is 17.7 Å². The van der Waals surface area contributed by atoms with Crippen LogP contribution < -0.4 is 5.32 Å². The van der Waals surface area contributed by atoms with Gasteiger partial charge < -0.3 is 10.4 Å². The summed E-state index contributed by atoms with van der Waals surface area (Å²) in [7, 11) is 0. The molecule has 4 heteroatoms. The third kappa shape index (κ3) is 3.19. The number of phenolic OH excluding ortho intramolecular Hbond substituents is 1. The number of benzene rings is 2. The fraction of sp³-hybridized carbons (Fsp3) is 0.0417. The molecule has 2 aromatic heterocycles. The SMILES string of the molecule is Oc1ccc(-c2ccc(-c3cc4c(s3)NCC(c3ccncc3)=C4)cc2)cc1. The fourth-order valence-electron chi connectivity index (χ4n) is 3.44. The van der Waals surface area contributed by atoms with Crippen LogP contribution in [0.3, 0.4) is 0 Å². The van der Waals surface area contributed by atoms with E-state index >= 15 is 0 Å². The van der Waals surface area contributed by atoms with Gasteiger partial charge in [0.1, 0.15) is 5.75 Å². The molecular formula is C24H18N2OS. The van der Waals surface area contributed by atoms with Crippen LogP contribution in [-0.2, 0) is 0 Å². The Hall–Kier alpha value is -3.37. The molecule has 0 unspecified atom stereocenters. The summed E-state index contributed by atoms with van der Waals surface area (Å²) < 4.78 is 0. The number of nitrogens with one attached hydrogen (secondary N) is 1. The predicted molar refractivity (Wildman–Crippen MR) is 117 cm³/mol. The zero-order valence-corrected chi connectivity index (χ0v) is 15.9. The van der Waals surface area contributed by atoms with Gasteiger partial charge >= 0.3 is 0 Å². The lowest BCUT2D eigenvalue weighted by molar-refractivity contribution is 0.475. The molecule has 0 radical (unpaired) electrons. The Morgan fingerprint density at radius 3 is 2.14 bits per heavy atom. The van der Waals surface area contributed by atoms with E-state index in [1.54, 1.807) is 23.5 Å². The number of aromatic nitrogens is 1. The maximum atomic E-state index is 9.46. The van der Waals surface area contributed by atoms with E-state index in [-0.39, 0.29) is 5.75 Å². The van der Waals surface area contributed by atoms with Gasteiger partial charge in [0.05, 0.1) is 5.00 Å². The number of fused-ring (bicyclic) bond motifs is 1. The van der Waals surface area contributed by atoms with Crippen molar-refractivity contribution in [3.8, 4) is 27.3 Å². The average molecular weight is 382 g/mol. The Kier molecular flexibility index (Phi) is 4.18. The van der Waals surface area contributed by atoms with Gasteiger partial charge in [-0.05, 0) is 64.2 Å². The van der Waals surface area contributed by atoms with Gasteiger partial charge in [-0.1, -0.05) is 36.4 Å². The number of rotatable bonds is 3. The molecule has 2 N–H and O–H groups in total. The number of thiophene rings is 1. The zero-order chi connectivity index (χ0) is 18.9. The molecule has 2 aromatic carbocycles. The number of nitrogens with zero attached hydrogens (tertiary/aromatic N) is 1. The first-order chi connectivity index (χ1) is 13.8. The molecule has 1 aliphatic heterocycles. The Bertz CT molecular complexity index is 1140. The topological polar surface area (TPSA) is 45.1 Å². The standard InChI is InChI=1S/C24H18N2OS/c27-22-7-5-17(6-8-22)16-1-3-19(4-2-16)23-14-20-13-21(15-26-24(20)28-23)18-9-11-25-12-10-18/h1-14,26-27H,15H2. The Morgan fingerprint density at radius 1 is 0.786 bits per heavy atom. The maximum absolute atomic E-state index is 9.46. The van der Waals surface area contributed by atoms with Crippen molar-refractivity contribution >= 4 is 28.0 Å². The first kappa shape index (κ1) is 16.8. The minimum absolute atomic E-state index is 0.288. The molecule has 0 fully saturated rings. The summed E-state index contributed by atoms with van der Waals surface area (Å²) in [6.07, 6.45) is 5.94. The highest BCUT2D eigenvalue weighted by Gasteiger charge is 2.15. The molecule has 3 heterocycles. The smallest absolute Gasteiger partial charge is 0.115 e. The minimum Gasteiger partial charge on any atom is -0.508 e. The summed E-state index contributed by atoms with van der Waals surface area (Å²) in [4.78, 5) is 5.36. The normalized spacial score (nSPS) is 12.8. The van der Waals surface area contributed by atoms with Crippen LogP contribution in [0.15, 0.2) is 79.1 Å². The molecule has 0 amide bonds. The molecule has 28 heavy (non-hydrogen) atoms. The number of phenols is 1. The second kappa shape index (κ2) is 6.98. The lowest BCUT2D eigenvalue weighted by Crippen LogP contribution is -2.07. The van der Waals surface area contributed by atoms with Crippen LogP contribution >= 0.6 is 11.3 Å². The van der Waals surface area contributed by atoms with Crippen LogP contribution in [0.1, 0.15) is 11.1 Å². The number of hydrogen-bond acceptors (Lipinski definition) is 4. The Labute approximate surface area is 167 Å². The first-order valence-corrected chi connectivity index (χ1v) is 9.96. The van der Waals surface area contributed by atoms with Gasteiger partial charge in [-0.25, -0.2) is 0 Å². The van der Waals surface area contributed by atoms with Gasteiger partial charge in [0.15, 0.2) is 0 Å². The van der Waals surface area contributed by atoms with Crippen molar-refractivity contribution in [3.63, 3.8) is 0 Å². The van der Waals surface area contributed by atoms with Crippen molar-refractivity contribution in [1.29, 1.82) is 0 Å². The highest BCUT2D eigenvalue weighted by Crippen LogP contribution is 2.40. The number of anilines is 1. The van der Waals surface area contributed by atoms with Crippen molar-refractivity contribution in [1.82, 2.24) is 4.98 Å². The van der Waals surface area contributed by atoms with Crippen LogP contribution in [0.25, 0.3) is 33.2 Å². The van der Waals surface area contributed by atoms with Gasteiger partial charge in [0.25, 0.3) is 0 Å². The van der Waals surface area contributed by atoms with Crippen LogP contribution in [0.4, 0.5) is 5.00 Å². The lowest BCUT2D eigenvalue weighted by Gasteiger charge is -2.15. The third-order valence-electron chi connectivity index (χ3n) is 4.95. The van der Waals surface area contributed by atoms with E-state index in [1.807, 2.05) is 36.7 Å². The fourth-order valence-corrected chi connectivity index (χ4v) is 4.48.